The number of halogens is 2. The highest BCUT2D eigenvalue weighted by Gasteiger charge is 2.21. The first-order chi connectivity index (χ1) is 9.90. The van der Waals surface area contributed by atoms with Gasteiger partial charge in [-0.2, -0.15) is 0 Å². The Labute approximate surface area is 138 Å². The van der Waals surface area contributed by atoms with Gasteiger partial charge in [-0.05, 0) is 28.1 Å². The summed E-state index contributed by atoms with van der Waals surface area (Å²) >= 11 is 6.80. The van der Waals surface area contributed by atoms with E-state index in [-0.39, 0.29) is 5.91 Å². The maximum Gasteiger partial charge on any atom is 0.308 e. The number of carbonyl (C=O) groups excluding carboxylic acids is 2. The van der Waals surface area contributed by atoms with E-state index in [2.05, 4.69) is 37.2 Å². The first-order valence-electron chi connectivity index (χ1n) is 6.18. The number of fused-ring (bicyclic) bond motifs is 1. The molecule has 1 N–H and O–H groups in total. The molecule has 1 amide bonds. The zero-order valence-electron chi connectivity index (χ0n) is 11.8. The number of esters is 1. The molecule has 0 aliphatic rings. The summed E-state index contributed by atoms with van der Waals surface area (Å²) in [6, 6.07) is 3.55. The van der Waals surface area contributed by atoms with Crippen LogP contribution in [0, 0.1) is 0 Å². The Kier molecular flexibility index (Phi) is 4.73. The summed E-state index contributed by atoms with van der Waals surface area (Å²) in [5.41, 5.74) is 2.31. The van der Waals surface area contributed by atoms with Crippen LogP contribution in [-0.2, 0) is 17.2 Å². The Balaban J connectivity index is 2.80. The standard InChI is InChI=1S/C14H14Br2N2O3/c1-7(19)21-12-4-8-10(5-9(12)16)18(3)11(6-15)13(8)14(20)17-2/h4-5H,6H2,1-3H3,(H,17,20). The molecular formula is C14H14Br2N2O3. The van der Waals surface area contributed by atoms with Crippen molar-refractivity contribution < 1.29 is 14.3 Å². The van der Waals surface area contributed by atoms with Gasteiger partial charge in [0.2, 0.25) is 0 Å². The van der Waals surface area contributed by atoms with Crippen molar-refractivity contribution in [3.8, 4) is 5.75 Å². The van der Waals surface area contributed by atoms with Crippen molar-refractivity contribution in [3.05, 3.63) is 27.9 Å². The minimum absolute atomic E-state index is 0.175. The third kappa shape index (κ3) is 2.85. The molecular weight excluding hydrogens is 404 g/mol. The minimum atomic E-state index is -0.409. The lowest BCUT2D eigenvalue weighted by atomic mass is 10.1. The molecule has 1 aromatic carbocycles. The molecule has 0 atom stereocenters. The molecule has 112 valence electrons. The normalized spacial score (nSPS) is 10.7. The maximum absolute atomic E-state index is 12.2. The van der Waals surface area contributed by atoms with Crippen LogP contribution >= 0.6 is 31.9 Å². The molecule has 21 heavy (non-hydrogen) atoms. The fraction of sp³-hybridized carbons (Fsp3) is 0.286. The molecule has 7 heteroatoms. The third-order valence-corrected chi connectivity index (χ3v) is 4.36. The van der Waals surface area contributed by atoms with Crippen LogP contribution in [-0.4, -0.2) is 23.5 Å². The molecule has 0 saturated carbocycles. The largest absolute Gasteiger partial charge is 0.425 e. The fourth-order valence-corrected chi connectivity index (χ4v) is 3.33. The molecule has 1 heterocycles. The molecule has 5 nitrogen and oxygen atoms in total. The van der Waals surface area contributed by atoms with Gasteiger partial charge in [0.25, 0.3) is 5.91 Å². The van der Waals surface area contributed by atoms with Gasteiger partial charge in [0, 0.05) is 37.4 Å². The summed E-state index contributed by atoms with van der Waals surface area (Å²) in [4.78, 5) is 23.3. The van der Waals surface area contributed by atoms with Crippen LogP contribution in [0.5, 0.6) is 5.75 Å². The number of nitrogens with one attached hydrogen (secondary N) is 1. The summed E-state index contributed by atoms with van der Waals surface area (Å²) in [5.74, 6) is -0.189. The molecule has 0 unspecified atom stereocenters. The van der Waals surface area contributed by atoms with E-state index in [4.69, 9.17) is 4.74 Å². The third-order valence-electron chi connectivity index (χ3n) is 3.21. The topological polar surface area (TPSA) is 60.3 Å². The number of amides is 1. The molecule has 0 bridgehead atoms. The van der Waals surface area contributed by atoms with E-state index >= 15 is 0 Å². The van der Waals surface area contributed by atoms with Crippen molar-refractivity contribution in [2.24, 2.45) is 7.05 Å². The van der Waals surface area contributed by atoms with Crippen molar-refractivity contribution >= 4 is 54.6 Å². The number of carbonyl (C=O) groups is 2. The lowest BCUT2D eigenvalue weighted by molar-refractivity contribution is -0.131. The molecule has 0 aliphatic carbocycles. The average Bonchev–Trinajstić information content (AvgIpc) is 2.70. The second-order valence-corrected chi connectivity index (χ2v) is 5.90. The van der Waals surface area contributed by atoms with E-state index in [1.807, 2.05) is 17.7 Å². The number of hydrogen-bond donors (Lipinski definition) is 1. The van der Waals surface area contributed by atoms with Crippen molar-refractivity contribution in [2.75, 3.05) is 7.05 Å². The minimum Gasteiger partial charge on any atom is -0.425 e. The molecule has 2 aromatic rings. The molecule has 1 aromatic heterocycles. The Hall–Kier alpha value is -1.34. The molecule has 0 spiro atoms. The van der Waals surface area contributed by atoms with Gasteiger partial charge < -0.3 is 14.6 Å². The van der Waals surface area contributed by atoms with Gasteiger partial charge >= 0.3 is 5.97 Å². The Morgan fingerprint density at radius 2 is 2.05 bits per heavy atom. The van der Waals surface area contributed by atoms with Gasteiger partial charge in [-0.1, -0.05) is 15.9 Å². The van der Waals surface area contributed by atoms with E-state index in [9.17, 15) is 9.59 Å². The van der Waals surface area contributed by atoms with Gasteiger partial charge in [-0.25, -0.2) is 0 Å². The summed E-state index contributed by atoms with van der Waals surface area (Å²) in [6.45, 7) is 1.34. The SMILES string of the molecule is CNC(=O)c1c(CBr)n(C)c2cc(Br)c(OC(C)=O)cc12. The molecule has 0 fully saturated rings. The number of rotatable bonds is 3. The maximum atomic E-state index is 12.2. The van der Waals surface area contributed by atoms with Gasteiger partial charge in [0.05, 0.1) is 15.6 Å². The number of ether oxygens (including phenoxy) is 1. The highest BCUT2D eigenvalue weighted by atomic mass is 79.9. The van der Waals surface area contributed by atoms with Crippen LogP contribution in [0.2, 0.25) is 0 Å². The van der Waals surface area contributed by atoms with Crippen molar-refractivity contribution in [1.29, 1.82) is 0 Å². The number of nitrogens with zero attached hydrogens (tertiary/aromatic N) is 1. The Bertz CT molecular complexity index is 738. The van der Waals surface area contributed by atoms with Gasteiger partial charge in [-0.3, -0.25) is 9.59 Å². The average molecular weight is 418 g/mol. The number of aromatic nitrogens is 1. The van der Waals surface area contributed by atoms with Gasteiger partial charge in [-0.15, -0.1) is 0 Å². The summed E-state index contributed by atoms with van der Waals surface area (Å²) < 4.78 is 7.77. The predicted molar refractivity (Wildman–Crippen MR) is 87.9 cm³/mol. The van der Waals surface area contributed by atoms with Crippen LogP contribution < -0.4 is 10.1 Å². The van der Waals surface area contributed by atoms with E-state index in [1.54, 1.807) is 13.1 Å². The second-order valence-electron chi connectivity index (χ2n) is 4.49. The number of alkyl halides is 1. The van der Waals surface area contributed by atoms with E-state index in [0.29, 0.717) is 21.1 Å². The first-order valence-corrected chi connectivity index (χ1v) is 8.09. The van der Waals surface area contributed by atoms with Crippen LogP contribution in [0.15, 0.2) is 16.6 Å². The predicted octanol–water partition coefficient (Wildman–Crippen LogP) is 3.12. The van der Waals surface area contributed by atoms with Crippen LogP contribution in [0.25, 0.3) is 10.9 Å². The van der Waals surface area contributed by atoms with Gasteiger partial charge in [0.15, 0.2) is 0 Å². The number of aryl methyl sites for hydroxylation is 1. The van der Waals surface area contributed by atoms with Crippen molar-refractivity contribution in [2.45, 2.75) is 12.3 Å². The lowest BCUT2D eigenvalue weighted by Crippen LogP contribution is -2.19. The number of hydrogen-bond acceptors (Lipinski definition) is 3. The lowest BCUT2D eigenvalue weighted by Gasteiger charge is -2.06. The Morgan fingerprint density at radius 1 is 1.38 bits per heavy atom. The van der Waals surface area contributed by atoms with Crippen molar-refractivity contribution in [1.82, 2.24) is 9.88 Å². The van der Waals surface area contributed by atoms with E-state index in [1.165, 1.54) is 6.92 Å². The van der Waals surface area contributed by atoms with E-state index in [0.717, 1.165) is 16.6 Å². The van der Waals surface area contributed by atoms with Gasteiger partial charge in [0.1, 0.15) is 5.75 Å². The van der Waals surface area contributed by atoms with Crippen molar-refractivity contribution in [3.63, 3.8) is 0 Å². The molecule has 0 saturated heterocycles. The highest BCUT2D eigenvalue weighted by molar-refractivity contribution is 9.10. The number of benzene rings is 1. The Morgan fingerprint density at radius 3 is 2.57 bits per heavy atom. The monoisotopic (exact) mass is 416 g/mol. The zero-order chi connectivity index (χ0) is 15.7. The summed E-state index contributed by atoms with van der Waals surface area (Å²) in [6.07, 6.45) is 0. The van der Waals surface area contributed by atoms with E-state index < -0.39 is 5.97 Å². The highest BCUT2D eigenvalue weighted by Crippen LogP contribution is 2.35. The first kappa shape index (κ1) is 16.0. The quantitative estimate of drug-likeness (QED) is 0.474. The molecule has 0 radical (unpaired) electrons. The second kappa shape index (κ2) is 6.19. The smallest absolute Gasteiger partial charge is 0.308 e. The van der Waals surface area contributed by atoms with Crippen LogP contribution in [0.3, 0.4) is 0 Å². The summed E-state index contributed by atoms with van der Waals surface area (Å²) in [5, 5.41) is 3.93. The zero-order valence-corrected chi connectivity index (χ0v) is 15.0. The molecule has 0 aliphatic heterocycles. The fourth-order valence-electron chi connectivity index (χ4n) is 2.26. The summed E-state index contributed by atoms with van der Waals surface area (Å²) in [7, 11) is 3.48. The van der Waals surface area contributed by atoms with Crippen LogP contribution in [0.4, 0.5) is 0 Å². The molecule has 2 rings (SSSR count). The van der Waals surface area contributed by atoms with Crippen LogP contribution in [0.1, 0.15) is 23.0 Å².